The molecule has 0 saturated heterocycles. The van der Waals surface area contributed by atoms with Crippen molar-refractivity contribution in [2.24, 2.45) is 0 Å². The Balaban J connectivity index is 2.34. The number of benzene rings is 3. The lowest BCUT2D eigenvalue weighted by Gasteiger charge is -2.22. The summed E-state index contributed by atoms with van der Waals surface area (Å²) in [5, 5.41) is 0.251. The van der Waals surface area contributed by atoms with Gasteiger partial charge in [-0.25, -0.2) is 0 Å². The van der Waals surface area contributed by atoms with E-state index in [-0.39, 0.29) is 11.2 Å². The number of alkyl halides is 1. The summed E-state index contributed by atoms with van der Waals surface area (Å²) in [6.07, 6.45) is 0. The van der Waals surface area contributed by atoms with Crippen molar-refractivity contribution in [3.63, 3.8) is 0 Å². The van der Waals surface area contributed by atoms with Crippen LogP contribution in [-0.2, 0) is 10.4 Å². The Morgan fingerprint density at radius 3 is 1.78 bits per heavy atom. The summed E-state index contributed by atoms with van der Waals surface area (Å²) in [5.41, 5.74) is 5.06. The van der Waals surface area contributed by atoms with Crippen LogP contribution in [-0.4, -0.2) is 11.0 Å². The molecule has 0 fully saturated rings. The summed E-state index contributed by atoms with van der Waals surface area (Å²) < 4.78 is 14.7. The van der Waals surface area contributed by atoms with Crippen LogP contribution >= 0.6 is 18.7 Å². The summed E-state index contributed by atoms with van der Waals surface area (Å²) in [7, 11) is -4.19. The predicted molar refractivity (Wildman–Crippen MR) is 133 cm³/mol. The molecule has 0 bridgehead atoms. The minimum Gasteiger partial charge on any atom is -0.302 e. The fraction of sp³-hybridized carbons (Fsp3) is 0.259. The first-order chi connectivity index (χ1) is 15.0. The van der Waals surface area contributed by atoms with E-state index < -0.39 is 18.2 Å². The molecule has 32 heavy (non-hydrogen) atoms. The molecule has 0 saturated carbocycles. The lowest BCUT2D eigenvalue weighted by atomic mass is 9.95. The highest BCUT2D eigenvalue weighted by Crippen LogP contribution is 2.53. The zero-order valence-corrected chi connectivity index (χ0v) is 21.0. The van der Waals surface area contributed by atoms with E-state index in [4.69, 9.17) is 11.6 Å². The fourth-order valence-corrected chi connectivity index (χ4v) is 7.54. The largest absolute Gasteiger partial charge is 0.302 e. The van der Waals surface area contributed by atoms with E-state index in [0.717, 1.165) is 27.8 Å². The maximum atomic E-state index is 14.7. The molecule has 0 radical (unpaired) electrons. The number of hydrogen-bond acceptors (Lipinski definition) is 3. The number of halogens is 1. The Hall–Kier alpha value is -2.48. The SMILES string of the molecule is Cc1cc(C)c(C(=O)P(=O)(C(=O)c2c(C)cc(C)c(CCl)c2C)c2ccccc2)c(C)c1. The standard InChI is InChI=1S/C27H28ClO3P/c1-16-12-18(3)24(19(4)13-16)26(29)32(31,22-10-8-7-9-11-22)27(30)25-20(5)14-17(2)23(15-28)21(25)6/h7-14H,15H2,1-6H3. The van der Waals surface area contributed by atoms with Crippen molar-refractivity contribution in [1.82, 2.24) is 0 Å². The van der Waals surface area contributed by atoms with Crippen molar-refractivity contribution in [3.8, 4) is 0 Å². The molecule has 0 aromatic heterocycles. The molecule has 0 N–H and O–H groups in total. The lowest BCUT2D eigenvalue weighted by molar-refractivity contribution is 0.104. The van der Waals surface area contributed by atoms with E-state index in [0.29, 0.717) is 22.3 Å². The van der Waals surface area contributed by atoms with Crippen LogP contribution in [0.25, 0.3) is 0 Å². The van der Waals surface area contributed by atoms with Crippen molar-refractivity contribution in [1.29, 1.82) is 0 Å². The second-order valence-corrected chi connectivity index (χ2v) is 11.3. The van der Waals surface area contributed by atoms with E-state index in [1.807, 2.05) is 59.7 Å². The first-order valence-electron chi connectivity index (χ1n) is 10.5. The van der Waals surface area contributed by atoms with E-state index >= 15 is 0 Å². The van der Waals surface area contributed by atoms with Crippen molar-refractivity contribution < 1.29 is 14.2 Å². The molecule has 0 heterocycles. The molecular formula is C27H28ClO3P. The third-order valence-corrected chi connectivity index (χ3v) is 8.95. The summed E-state index contributed by atoms with van der Waals surface area (Å²) in [5.74, 6) is 0.234. The van der Waals surface area contributed by atoms with Crippen LogP contribution in [0.15, 0.2) is 48.5 Å². The molecule has 3 aromatic rings. The molecular weight excluding hydrogens is 439 g/mol. The molecule has 5 heteroatoms. The lowest BCUT2D eigenvalue weighted by Crippen LogP contribution is -2.23. The third-order valence-electron chi connectivity index (χ3n) is 6.06. The number of hydrogen-bond donors (Lipinski definition) is 0. The normalized spacial score (nSPS) is 13.0. The van der Waals surface area contributed by atoms with E-state index in [1.165, 1.54) is 0 Å². The number of rotatable bonds is 6. The van der Waals surface area contributed by atoms with Gasteiger partial charge in [-0.2, -0.15) is 0 Å². The van der Waals surface area contributed by atoms with Crippen LogP contribution in [0.1, 0.15) is 59.7 Å². The molecule has 3 rings (SSSR count). The van der Waals surface area contributed by atoms with Gasteiger partial charge in [-0.15, -0.1) is 11.6 Å². The van der Waals surface area contributed by atoms with Crippen molar-refractivity contribution >= 4 is 35.1 Å². The molecule has 0 aliphatic heterocycles. The molecule has 1 atom stereocenters. The molecule has 3 nitrogen and oxygen atoms in total. The molecule has 3 aromatic carbocycles. The average molecular weight is 467 g/mol. The van der Waals surface area contributed by atoms with Crippen molar-refractivity contribution in [3.05, 3.63) is 98.6 Å². The van der Waals surface area contributed by atoms with Crippen LogP contribution in [0.3, 0.4) is 0 Å². The van der Waals surface area contributed by atoms with Gasteiger partial charge in [-0.1, -0.05) is 54.1 Å². The Labute approximate surface area is 195 Å². The predicted octanol–water partition coefficient (Wildman–Crippen LogP) is 6.95. The highest BCUT2D eigenvalue weighted by molar-refractivity contribution is 8.01. The van der Waals surface area contributed by atoms with E-state index in [2.05, 4.69) is 0 Å². The van der Waals surface area contributed by atoms with Crippen LogP contribution < -0.4 is 5.30 Å². The van der Waals surface area contributed by atoms with Gasteiger partial charge in [-0.3, -0.25) is 9.59 Å². The van der Waals surface area contributed by atoms with Crippen molar-refractivity contribution in [2.75, 3.05) is 0 Å². The van der Waals surface area contributed by atoms with Gasteiger partial charge in [0, 0.05) is 22.3 Å². The smallest absolute Gasteiger partial charge is 0.248 e. The summed E-state index contributed by atoms with van der Waals surface area (Å²) in [6, 6.07) is 14.0. The zero-order chi connectivity index (χ0) is 23.8. The molecule has 0 aliphatic rings. The minimum atomic E-state index is -4.19. The van der Waals surface area contributed by atoms with Crippen LogP contribution in [0.4, 0.5) is 0 Å². The van der Waals surface area contributed by atoms with Crippen molar-refractivity contribution in [2.45, 2.75) is 47.4 Å². The Bertz CT molecular complexity index is 1250. The quantitative estimate of drug-likeness (QED) is 0.292. The minimum absolute atomic E-state index is 0.234. The highest BCUT2D eigenvalue weighted by atomic mass is 35.5. The van der Waals surface area contributed by atoms with E-state index in [1.54, 1.807) is 30.3 Å². The monoisotopic (exact) mass is 466 g/mol. The summed E-state index contributed by atoms with van der Waals surface area (Å²) in [6.45, 7) is 11.2. The van der Waals surface area contributed by atoms with Gasteiger partial charge in [0.1, 0.15) is 0 Å². The average Bonchev–Trinajstić information content (AvgIpc) is 2.72. The second kappa shape index (κ2) is 9.17. The van der Waals surface area contributed by atoms with Crippen LogP contribution in [0.5, 0.6) is 0 Å². The molecule has 166 valence electrons. The maximum absolute atomic E-state index is 14.7. The fourth-order valence-electron chi connectivity index (χ4n) is 4.56. The van der Waals surface area contributed by atoms with Crippen LogP contribution in [0.2, 0.25) is 0 Å². The molecule has 0 spiro atoms. The van der Waals surface area contributed by atoms with Gasteiger partial charge in [0.25, 0.3) is 0 Å². The molecule has 0 amide bonds. The summed E-state index contributed by atoms with van der Waals surface area (Å²) in [4.78, 5) is 28.0. The first-order valence-corrected chi connectivity index (χ1v) is 12.8. The van der Waals surface area contributed by atoms with Gasteiger partial charge < -0.3 is 4.57 Å². The zero-order valence-electron chi connectivity index (χ0n) is 19.4. The second-order valence-electron chi connectivity index (χ2n) is 8.45. The summed E-state index contributed by atoms with van der Waals surface area (Å²) >= 11 is 6.17. The number of carbonyl (C=O) groups is 2. The highest BCUT2D eigenvalue weighted by Gasteiger charge is 2.44. The van der Waals surface area contributed by atoms with Gasteiger partial charge in [0.2, 0.25) is 18.2 Å². The topological polar surface area (TPSA) is 51.2 Å². The molecule has 0 aliphatic carbocycles. The van der Waals surface area contributed by atoms with Gasteiger partial charge in [-0.05, 0) is 74.9 Å². The van der Waals surface area contributed by atoms with Crippen LogP contribution in [0, 0.1) is 41.5 Å². The van der Waals surface area contributed by atoms with Gasteiger partial charge >= 0.3 is 0 Å². The number of aryl methyl sites for hydroxylation is 5. The number of carbonyl (C=O) groups excluding carboxylic acids is 2. The Kier molecular flexibility index (Phi) is 6.93. The Morgan fingerprint density at radius 2 is 1.25 bits per heavy atom. The molecule has 1 unspecified atom stereocenters. The third kappa shape index (κ3) is 4.00. The maximum Gasteiger partial charge on any atom is 0.248 e. The first kappa shape index (κ1) is 24.2. The Morgan fingerprint density at radius 1 is 0.750 bits per heavy atom. The van der Waals surface area contributed by atoms with Gasteiger partial charge in [0.15, 0.2) is 0 Å². The van der Waals surface area contributed by atoms with E-state index in [9.17, 15) is 14.2 Å². The van der Waals surface area contributed by atoms with Gasteiger partial charge in [0.05, 0.1) is 0 Å².